The summed E-state index contributed by atoms with van der Waals surface area (Å²) < 4.78 is 10.6. The van der Waals surface area contributed by atoms with Gasteiger partial charge in [-0.15, -0.1) is 0 Å². The van der Waals surface area contributed by atoms with E-state index in [1.165, 1.54) is 0 Å². The van der Waals surface area contributed by atoms with Gasteiger partial charge in [-0.05, 0) is 37.2 Å². The first-order valence-corrected chi connectivity index (χ1v) is 9.80. The topological polar surface area (TPSA) is 71.0 Å². The quantitative estimate of drug-likeness (QED) is 0.663. The predicted octanol–water partition coefficient (Wildman–Crippen LogP) is 1.32. The van der Waals surface area contributed by atoms with Crippen molar-refractivity contribution in [1.82, 2.24) is 19.8 Å². The molecular formula is C21H29N5O3. The molecule has 1 aromatic carbocycles. The fourth-order valence-corrected chi connectivity index (χ4v) is 3.38. The minimum absolute atomic E-state index is 0.161. The number of aromatic nitrogens is 2. The van der Waals surface area contributed by atoms with Crippen LogP contribution in [0.25, 0.3) is 0 Å². The molecule has 1 aromatic heterocycles. The van der Waals surface area contributed by atoms with E-state index in [1.807, 2.05) is 30.1 Å². The molecule has 8 nitrogen and oxygen atoms in total. The van der Waals surface area contributed by atoms with Crippen LogP contribution in [0.2, 0.25) is 0 Å². The van der Waals surface area contributed by atoms with Gasteiger partial charge in [-0.3, -0.25) is 9.69 Å². The first-order chi connectivity index (χ1) is 14.1. The van der Waals surface area contributed by atoms with Crippen molar-refractivity contribution in [2.45, 2.75) is 6.42 Å². The predicted molar refractivity (Wildman–Crippen MR) is 112 cm³/mol. The Morgan fingerprint density at radius 2 is 1.76 bits per heavy atom. The van der Waals surface area contributed by atoms with E-state index >= 15 is 0 Å². The molecule has 0 aliphatic carbocycles. The molecule has 1 fully saturated rings. The SMILES string of the molecule is COc1ccc(CCN(C)CC(=O)N2CCN(c3ncccn3)CC2)cc1OC. The molecule has 2 aromatic rings. The van der Waals surface area contributed by atoms with Gasteiger partial charge in [0.05, 0.1) is 20.8 Å². The maximum Gasteiger partial charge on any atom is 0.236 e. The van der Waals surface area contributed by atoms with Gasteiger partial charge in [0, 0.05) is 45.1 Å². The standard InChI is InChI=1S/C21H29N5O3/c1-24(10-7-17-5-6-18(28-2)19(15-17)29-3)16-20(27)25-11-13-26(14-12-25)21-22-8-4-9-23-21/h4-6,8-9,15H,7,10-14,16H2,1-3H3. The Kier molecular flexibility index (Phi) is 7.24. The van der Waals surface area contributed by atoms with Gasteiger partial charge in [-0.25, -0.2) is 9.97 Å². The molecule has 3 rings (SSSR count). The van der Waals surface area contributed by atoms with E-state index < -0.39 is 0 Å². The second-order valence-electron chi connectivity index (χ2n) is 7.09. The van der Waals surface area contributed by atoms with Crippen molar-refractivity contribution in [3.8, 4) is 11.5 Å². The van der Waals surface area contributed by atoms with Crippen molar-refractivity contribution in [1.29, 1.82) is 0 Å². The van der Waals surface area contributed by atoms with Crippen LogP contribution in [0, 0.1) is 0 Å². The Bertz CT molecular complexity index is 794. The Morgan fingerprint density at radius 1 is 1.07 bits per heavy atom. The molecule has 156 valence electrons. The van der Waals surface area contributed by atoms with Crippen molar-refractivity contribution < 1.29 is 14.3 Å². The lowest BCUT2D eigenvalue weighted by Gasteiger charge is -2.35. The highest BCUT2D eigenvalue weighted by Gasteiger charge is 2.23. The van der Waals surface area contributed by atoms with Crippen LogP contribution in [0.1, 0.15) is 5.56 Å². The molecule has 8 heteroatoms. The van der Waals surface area contributed by atoms with Crippen LogP contribution in [0.15, 0.2) is 36.7 Å². The third kappa shape index (κ3) is 5.57. The van der Waals surface area contributed by atoms with Crippen molar-refractivity contribution in [2.75, 3.05) is 65.4 Å². The van der Waals surface area contributed by atoms with Crippen molar-refractivity contribution in [3.63, 3.8) is 0 Å². The minimum atomic E-state index is 0.161. The smallest absolute Gasteiger partial charge is 0.236 e. The number of ether oxygens (including phenoxy) is 2. The fraction of sp³-hybridized carbons (Fsp3) is 0.476. The summed E-state index contributed by atoms with van der Waals surface area (Å²) in [6, 6.07) is 7.73. The van der Waals surface area contributed by atoms with Gasteiger partial charge in [0.1, 0.15) is 0 Å². The molecule has 0 unspecified atom stereocenters. The first kappa shape index (κ1) is 20.9. The summed E-state index contributed by atoms with van der Waals surface area (Å²) in [5.41, 5.74) is 1.15. The zero-order valence-electron chi connectivity index (χ0n) is 17.4. The number of piperazine rings is 1. The Balaban J connectivity index is 1.44. The fourth-order valence-electron chi connectivity index (χ4n) is 3.38. The lowest BCUT2D eigenvalue weighted by Crippen LogP contribution is -2.51. The Labute approximate surface area is 172 Å². The van der Waals surface area contributed by atoms with Crippen LogP contribution in [-0.4, -0.2) is 86.2 Å². The molecule has 0 radical (unpaired) electrons. The summed E-state index contributed by atoms with van der Waals surface area (Å²) in [5.74, 6) is 2.34. The molecule has 1 aliphatic rings. The molecule has 0 N–H and O–H groups in total. The van der Waals surface area contributed by atoms with Crippen LogP contribution < -0.4 is 14.4 Å². The Morgan fingerprint density at radius 3 is 2.41 bits per heavy atom. The summed E-state index contributed by atoms with van der Waals surface area (Å²) >= 11 is 0. The molecule has 1 aliphatic heterocycles. The van der Waals surface area contributed by atoms with Gasteiger partial charge in [0.15, 0.2) is 11.5 Å². The number of anilines is 1. The van der Waals surface area contributed by atoms with E-state index in [0.29, 0.717) is 19.6 Å². The molecule has 2 heterocycles. The third-order valence-electron chi connectivity index (χ3n) is 5.10. The molecule has 0 bridgehead atoms. The summed E-state index contributed by atoms with van der Waals surface area (Å²) in [5, 5.41) is 0. The van der Waals surface area contributed by atoms with E-state index in [0.717, 1.165) is 49.1 Å². The summed E-state index contributed by atoms with van der Waals surface area (Å²) in [6.07, 6.45) is 4.32. The van der Waals surface area contributed by atoms with Gasteiger partial charge in [-0.1, -0.05) is 6.07 Å². The lowest BCUT2D eigenvalue weighted by atomic mass is 10.1. The number of rotatable bonds is 8. The first-order valence-electron chi connectivity index (χ1n) is 9.80. The normalized spacial score (nSPS) is 14.2. The second kappa shape index (κ2) is 10.1. The maximum atomic E-state index is 12.6. The summed E-state index contributed by atoms with van der Waals surface area (Å²) in [6.45, 7) is 4.10. The zero-order valence-corrected chi connectivity index (χ0v) is 17.4. The number of carbonyl (C=O) groups is 1. The molecule has 0 atom stereocenters. The summed E-state index contributed by atoms with van der Waals surface area (Å²) in [4.78, 5) is 27.3. The molecule has 1 amide bonds. The average Bonchev–Trinajstić information content (AvgIpc) is 2.78. The van der Waals surface area contributed by atoms with Crippen LogP contribution >= 0.6 is 0 Å². The van der Waals surface area contributed by atoms with Crippen LogP contribution in [-0.2, 0) is 11.2 Å². The highest BCUT2D eigenvalue weighted by molar-refractivity contribution is 5.78. The van der Waals surface area contributed by atoms with E-state index in [4.69, 9.17) is 9.47 Å². The van der Waals surface area contributed by atoms with E-state index in [9.17, 15) is 4.79 Å². The highest BCUT2D eigenvalue weighted by Crippen LogP contribution is 2.27. The van der Waals surface area contributed by atoms with Crippen LogP contribution in [0.4, 0.5) is 5.95 Å². The van der Waals surface area contributed by atoms with E-state index in [1.54, 1.807) is 32.7 Å². The highest BCUT2D eigenvalue weighted by atomic mass is 16.5. The number of nitrogens with zero attached hydrogens (tertiary/aromatic N) is 5. The molecular weight excluding hydrogens is 370 g/mol. The Hall–Kier alpha value is -2.87. The minimum Gasteiger partial charge on any atom is -0.493 e. The number of likely N-dealkylation sites (N-methyl/N-ethyl adjacent to an activating group) is 1. The lowest BCUT2D eigenvalue weighted by molar-refractivity contribution is -0.132. The summed E-state index contributed by atoms with van der Waals surface area (Å²) in [7, 11) is 5.24. The molecule has 0 spiro atoms. The largest absolute Gasteiger partial charge is 0.493 e. The zero-order chi connectivity index (χ0) is 20.6. The molecule has 0 saturated carbocycles. The number of methoxy groups -OCH3 is 2. The monoisotopic (exact) mass is 399 g/mol. The maximum absolute atomic E-state index is 12.6. The molecule has 29 heavy (non-hydrogen) atoms. The van der Waals surface area contributed by atoms with Gasteiger partial charge in [0.25, 0.3) is 0 Å². The van der Waals surface area contributed by atoms with Gasteiger partial charge in [0.2, 0.25) is 11.9 Å². The van der Waals surface area contributed by atoms with Crippen molar-refractivity contribution in [3.05, 3.63) is 42.2 Å². The van der Waals surface area contributed by atoms with E-state index in [2.05, 4.69) is 19.8 Å². The van der Waals surface area contributed by atoms with Gasteiger partial charge in [-0.2, -0.15) is 0 Å². The molecule has 1 saturated heterocycles. The number of amides is 1. The second-order valence-corrected chi connectivity index (χ2v) is 7.09. The van der Waals surface area contributed by atoms with Gasteiger partial charge < -0.3 is 19.3 Å². The van der Waals surface area contributed by atoms with Crippen molar-refractivity contribution >= 4 is 11.9 Å². The van der Waals surface area contributed by atoms with Crippen LogP contribution in [0.3, 0.4) is 0 Å². The number of hydrogen-bond donors (Lipinski definition) is 0. The van der Waals surface area contributed by atoms with Crippen molar-refractivity contribution in [2.24, 2.45) is 0 Å². The number of hydrogen-bond acceptors (Lipinski definition) is 7. The van der Waals surface area contributed by atoms with Crippen LogP contribution in [0.5, 0.6) is 11.5 Å². The third-order valence-corrected chi connectivity index (χ3v) is 5.10. The number of carbonyl (C=O) groups excluding carboxylic acids is 1. The van der Waals surface area contributed by atoms with Gasteiger partial charge >= 0.3 is 0 Å². The average molecular weight is 399 g/mol. The van der Waals surface area contributed by atoms with E-state index in [-0.39, 0.29) is 5.91 Å². The number of benzene rings is 1.